The monoisotopic (exact) mass is 368 g/mol. The summed E-state index contributed by atoms with van der Waals surface area (Å²) in [4.78, 5) is 6.96. The Balaban J connectivity index is 1.58. The number of likely N-dealkylation sites (tertiary alicyclic amines) is 1. The second kappa shape index (κ2) is 7.49. The average molecular weight is 368 g/mol. The number of methoxy groups -OCH3 is 2. The van der Waals surface area contributed by atoms with Crippen LogP contribution in [0, 0.1) is 11.8 Å². The molecule has 2 fully saturated rings. The Morgan fingerprint density at radius 3 is 2.48 bits per heavy atom. The normalized spacial score (nSPS) is 28.0. The van der Waals surface area contributed by atoms with Gasteiger partial charge >= 0.3 is 0 Å². The van der Waals surface area contributed by atoms with E-state index in [0.29, 0.717) is 0 Å². The zero-order valence-electron chi connectivity index (χ0n) is 16.1. The van der Waals surface area contributed by atoms with Crippen molar-refractivity contribution in [2.24, 2.45) is 11.8 Å². The van der Waals surface area contributed by atoms with Crippen molar-refractivity contribution in [1.82, 2.24) is 9.88 Å². The van der Waals surface area contributed by atoms with Crippen molar-refractivity contribution in [2.75, 3.05) is 27.3 Å². The van der Waals surface area contributed by atoms with Crippen LogP contribution < -0.4 is 9.47 Å². The van der Waals surface area contributed by atoms with E-state index >= 15 is 0 Å². The van der Waals surface area contributed by atoms with E-state index in [1.165, 1.54) is 6.42 Å². The predicted octanol–water partition coefficient (Wildman–Crippen LogP) is 3.22. The Labute approximate surface area is 160 Å². The summed E-state index contributed by atoms with van der Waals surface area (Å²) < 4.78 is 11.0. The maximum Gasteiger partial charge on any atom is 0.165 e. The van der Waals surface area contributed by atoms with E-state index < -0.39 is 5.60 Å². The van der Waals surface area contributed by atoms with Crippen molar-refractivity contribution in [3.63, 3.8) is 0 Å². The summed E-state index contributed by atoms with van der Waals surface area (Å²) in [5, 5.41) is 11.7. The van der Waals surface area contributed by atoms with Crippen LogP contribution in [0.25, 0.3) is 0 Å². The number of hydrogen-bond donors (Lipinski definition) is 1. The summed E-state index contributed by atoms with van der Waals surface area (Å²) >= 11 is 0. The van der Waals surface area contributed by atoms with Gasteiger partial charge in [-0.3, -0.25) is 9.88 Å². The third-order valence-corrected chi connectivity index (χ3v) is 6.26. The first-order valence-electron chi connectivity index (χ1n) is 9.73. The minimum Gasteiger partial charge on any atom is -0.493 e. The first-order valence-corrected chi connectivity index (χ1v) is 9.73. The second-order valence-electron chi connectivity index (χ2n) is 7.71. The van der Waals surface area contributed by atoms with Gasteiger partial charge in [0.1, 0.15) is 5.60 Å². The highest BCUT2D eigenvalue weighted by Crippen LogP contribution is 2.49. The van der Waals surface area contributed by atoms with Crippen LogP contribution in [-0.2, 0) is 12.1 Å². The Hall–Kier alpha value is -2.11. The molecule has 1 aliphatic carbocycles. The summed E-state index contributed by atoms with van der Waals surface area (Å²) in [7, 11) is 3.35. The maximum atomic E-state index is 11.7. The molecule has 2 aliphatic rings. The van der Waals surface area contributed by atoms with Crippen molar-refractivity contribution >= 4 is 0 Å². The number of piperidine rings is 1. The summed E-state index contributed by atoms with van der Waals surface area (Å²) in [6.45, 7) is 2.53. The molecule has 0 amide bonds. The zero-order valence-corrected chi connectivity index (χ0v) is 16.1. The number of aliphatic hydroxyl groups is 1. The smallest absolute Gasteiger partial charge is 0.165 e. The van der Waals surface area contributed by atoms with Crippen LogP contribution >= 0.6 is 0 Å². The predicted molar refractivity (Wildman–Crippen MR) is 104 cm³/mol. The molecule has 4 rings (SSSR count). The lowest BCUT2D eigenvalue weighted by atomic mass is 9.64. The van der Waals surface area contributed by atoms with Gasteiger partial charge in [0, 0.05) is 43.2 Å². The Morgan fingerprint density at radius 2 is 1.85 bits per heavy atom. The van der Waals surface area contributed by atoms with Crippen LogP contribution in [-0.4, -0.2) is 42.3 Å². The molecule has 27 heavy (non-hydrogen) atoms. The first kappa shape index (κ1) is 18.3. The molecule has 2 atom stereocenters. The third-order valence-electron chi connectivity index (χ3n) is 6.26. The van der Waals surface area contributed by atoms with Gasteiger partial charge in [0.15, 0.2) is 11.5 Å². The lowest BCUT2D eigenvalue weighted by Crippen LogP contribution is -2.58. The molecular weight excluding hydrogens is 340 g/mol. The van der Waals surface area contributed by atoms with Crippen LogP contribution in [0.1, 0.15) is 30.5 Å². The number of benzene rings is 1. The minimum atomic E-state index is -0.811. The minimum absolute atomic E-state index is 0.205. The highest BCUT2D eigenvalue weighted by Gasteiger charge is 2.52. The summed E-state index contributed by atoms with van der Waals surface area (Å²) in [5.41, 5.74) is 1.14. The molecule has 1 aliphatic heterocycles. The van der Waals surface area contributed by atoms with E-state index in [1.807, 2.05) is 30.3 Å². The van der Waals surface area contributed by atoms with Gasteiger partial charge in [-0.05, 0) is 31.0 Å². The molecule has 1 aromatic carbocycles. The molecule has 0 unspecified atom stereocenters. The molecule has 5 nitrogen and oxygen atoms in total. The number of rotatable bonds is 5. The molecule has 1 aromatic heterocycles. The van der Waals surface area contributed by atoms with Gasteiger partial charge in [0.2, 0.25) is 0 Å². The van der Waals surface area contributed by atoms with Gasteiger partial charge in [-0.2, -0.15) is 0 Å². The molecule has 1 saturated carbocycles. The van der Waals surface area contributed by atoms with E-state index in [2.05, 4.69) is 16.0 Å². The van der Waals surface area contributed by atoms with E-state index in [4.69, 9.17) is 9.47 Å². The van der Waals surface area contributed by atoms with Gasteiger partial charge in [-0.1, -0.05) is 24.6 Å². The van der Waals surface area contributed by atoms with Gasteiger partial charge < -0.3 is 14.6 Å². The van der Waals surface area contributed by atoms with Crippen LogP contribution in [0.5, 0.6) is 11.5 Å². The van der Waals surface area contributed by atoms with Crippen LogP contribution in [0.4, 0.5) is 0 Å². The van der Waals surface area contributed by atoms with Crippen molar-refractivity contribution in [3.8, 4) is 11.5 Å². The Bertz CT molecular complexity index is 766. The number of fused-ring (bicyclic) bond motifs is 2. The van der Waals surface area contributed by atoms with Crippen molar-refractivity contribution in [1.29, 1.82) is 0 Å². The molecule has 0 radical (unpaired) electrons. The van der Waals surface area contributed by atoms with Crippen LogP contribution in [0.2, 0.25) is 0 Å². The number of para-hydroxylation sites is 1. The number of ether oxygens (including phenoxy) is 2. The van der Waals surface area contributed by atoms with Crippen LogP contribution in [0.15, 0.2) is 42.6 Å². The van der Waals surface area contributed by atoms with E-state index in [1.54, 1.807) is 20.4 Å². The number of pyridine rings is 1. The summed E-state index contributed by atoms with van der Waals surface area (Å²) in [6, 6.07) is 11.9. The quantitative estimate of drug-likeness (QED) is 0.878. The lowest BCUT2D eigenvalue weighted by Gasteiger charge is -2.52. The third kappa shape index (κ3) is 3.19. The van der Waals surface area contributed by atoms with E-state index in [-0.39, 0.29) is 11.8 Å². The highest BCUT2D eigenvalue weighted by molar-refractivity contribution is 5.46. The van der Waals surface area contributed by atoms with Gasteiger partial charge in [-0.25, -0.2) is 0 Å². The van der Waals surface area contributed by atoms with E-state index in [9.17, 15) is 5.11 Å². The van der Waals surface area contributed by atoms with Gasteiger partial charge in [0.05, 0.1) is 19.9 Å². The molecule has 2 bridgehead atoms. The average Bonchev–Trinajstić information content (AvgIpc) is 2.69. The second-order valence-corrected chi connectivity index (χ2v) is 7.71. The molecule has 2 heterocycles. The molecule has 0 spiro atoms. The molecule has 144 valence electrons. The molecule has 1 saturated heterocycles. The molecule has 1 N–H and O–H groups in total. The van der Waals surface area contributed by atoms with E-state index in [0.717, 1.165) is 55.2 Å². The number of hydrogen-bond acceptors (Lipinski definition) is 5. The Kier molecular flexibility index (Phi) is 5.06. The van der Waals surface area contributed by atoms with Crippen molar-refractivity contribution in [2.45, 2.75) is 31.4 Å². The maximum absolute atomic E-state index is 11.7. The van der Waals surface area contributed by atoms with Crippen molar-refractivity contribution < 1.29 is 14.6 Å². The first-order chi connectivity index (χ1) is 13.2. The zero-order chi connectivity index (χ0) is 18.9. The molecule has 2 aromatic rings. The van der Waals surface area contributed by atoms with Gasteiger partial charge in [0.25, 0.3) is 0 Å². The van der Waals surface area contributed by atoms with Crippen LogP contribution in [0.3, 0.4) is 0 Å². The molecular formula is C22H28N2O3. The Morgan fingerprint density at radius 1 is 1.07 bits per heavy atom. The number of nitrogens with zero attached hydrogens (tertiary/aromatic N) is 2. The SMILES string of the molecule is COc1cccc(CN2C[C@@H]3CCC[C@@H](C2)C3(O)c2ccccn2)c1OC. The van der Waals surface area contributed by atoms with Crippen molar-refractivity contribution in [3.05, 3.63) is 53.9 Å². The number of aromatic nitrogens is 1. The fourth-order valence-electron chi connectivity index (χ4n) is 5.01. The lowest BCUT2D eigenvalue weighted by molar-refractivity contribution is -0.151. The fourth-order valence-corrected chi connectivity index (χ4v) is 5.01. The largest absolute Gasteiger partial charge is 0.493 e. The van der Waals surface area contributed by atoms with Gasteiger partial charge in [-0.15, -0.1) is 0 Å². The topological polar surface area (TPSA) is 54.8 Å². The summed E-state index contributed by atoms with van der Waals surface area (Å²) in [6.07, 6.45) is 5.04. The molecule has 5 heteroatoms. The summed E-state index contributed by atoms with van der Waals surface area (Å²) in [5.74, 6) is 1.97. The highest BCUT2D eigenvalue weighted by atomic mass is 16.5. The fraction of sp³-hybridized carbons (Fsp3) is 0.500. The standard InChI is InChI=1S/C22H28N2O3/c1-26-19-10-5-7-16(21(19)27-2)13-24-14-17-8-6-9-18(15-24)22(17,25)20-11-3-4-12-23-20/h3-5,7,10-12,17-18,25H,6,8-9,13-15H2,1-2H3/t17-,18-/m0/s1.